The number of hydrogen-bond donors (Lipinski definition) is 0. The van der Waals surface area contributed by atoms with Crippen LogP contribution in [0.5, 0.6) is 0 Å². The van der Waals surface area contributed by atoms with Crippen LogP contribution in [-0.4, -0.2) is 8.07 Å². The average Bonchev–Trinajstić information content (AvgIpc) is 1.92. The molecule has 0 aromatic heterocycles. The Labute approximate surface area is 76.6 Å². The van der Waals surface area contributed by atoms with Crippen LogP contribution < -0.4 is 5.19 Å². The lowest BCUT2D eigenvalue weighted by atomic mass is 10.2. The molecule has 0 fully saturated rings. The molecule has 0 spiro atoms. The third-order valence-corrected chi connectivity index (χ3v) is 4.07. The SMILES string of the molecule is Cc1[c]c([Si](C)(C)C)c(C)cc1. The first-order chi connectivity index (χ1) is 5.41. The van der Waals surface area contributed by atoms with Crippen LogP contribution in [-0.2, 0) is 0 Å². The summed E-state index contributed by atoms with van der Waals surface area (Å²) in [5.41, 5.74) is 2.66. The molecule has 1 rings (SSSR count). The summed E-state index contributed by atoms with van der Waals surface area (Å²) in [6, 6.07) is 7.82. The summed E-state index contributed by atoms with van der Waals surface area (Å²) in [4.78, 5) is 0. The number of rotatable bonds is 1. The van der Waals surface area contributed by atoms with Gasteiger partial charge >= 0.3 is 0 Å². The van der Waals surface area contributed by atoms with Gasteiger partial charge < -0.3 is 0 Å². The summed E-state index contributed by atoms with van der Waals surface area (Å²) in [7, 11) is -1.16. The summed E-state index contributed by atoms with van der Waals surface area (Å²) in [6.07, 6.45) is 0. The first-order valence-electron chi connectivity index (χ1n) is 4.41. The molecule has 0 amide bonds. The molecule has 0 atom stereocenters. The fourth-order valence-electron chi connectivity index (χ4n) is 1.45. The Bertz CT molecular complexity index is 282. The number of hydrogen-bond acceptors (Lipinski definition) is 0. The highest BCUT2D eigenvalue weighted by Crippen LogP contribution is 2.07. The van der Waals surface area contributed by atoms with Gasteiger partial charge in [-0.1, -0.05) is 37.3 Å². The fourth-order valence-corrected chi connectivity index (χ4v) is 3.29. The van der Waals surface area contributed by atoms with E-state index in [0.29, 0.717) is 0 Å². The van der Waals surface area contributed by atoms with Crippen molar-refractivity contribution in [2.45, 2.75) is 33.5 Å². The van der Waals surface area contributed by atoms with Crippen LogP contribution in [0.4, 0.5) is 0 Å². The largest absolute Gasteiger partial charge is 0.0787 e. The zero-order valence-electron chi connectivity index (χ0n) is 8.65. The molecule has 65 valence electrons. The Balaban J connectivity index is 3.23. The maximum atomic E-state index is 3.48. The number of benzene rings is 1. The van der Waals surface area contributed by atoms with E-state index in [2.05, 4.69) is 51.7 Å². The second-order valence-corrected chi connectivity index (χ2v) is 9.45. The lowest BCUT2D eigenvalue weighted by molar-refractivity contribution is 1.40. The molecule has 1 aromatic carbocycles. The summed E-state index contributed by atoms with van der Waals surface area (Å²) in [5.74, 6) is 0. The fraction of sp³-hybridized carbons (Fsp3) is 0.455. The standard InChI is InChI=1S/C11H17Si/c1-9-6-7-10(2)11(8-9)12(3,4)5/h6-7H,1-5H3. The van der Waals surface area contributed by atoms with E-state index >= 15 is 0 Å². The third kappa shape index (κ3) is 1.98. The van der Waals surface area contributed by atoms with Crippen molar-refractivity contribution in [3.05, 3.63) is 29.3 Å². The highest BCUT2D eigenvalue weighted by molar-refractivity contribution is 6.88. The van der Waals surface area contributed by atoms with Gasteiger partial charge in [0, 0.05) is 0 Å². The van der Waals surface area contributed by atoms with Crippen molar-refractivity contribution in [2.24, 2.45) is 0 Å². The van der Waals surface area contributed by atoms with Crippen molar-refractivity contribution in [3.8, 4) is 0 Å². The van der Waals surface area contributed by atoms with Gasteiger partial charge in [-0.2, -0.15) is 0 Å². The minimum Gasteiger partial charge on any atom is -0.0656 e. The van der Waals surface area contributed by atoms with Crippen LogP contribution in [0.3, 0.4) is 0 Å². The molecule has 0 N–H and O–H groups in total. The zero-order chi connectivity index (χ0) is 9.35. The van der Waals surface area contributed by atoms with E-state index in [1.165, 1.54) is 16.3 Å². The monoisotopic (exact) mass is 177 g/mol. The molecule has 0 nitrogen and oxygen atoms in total. The Hall–Kier alpha value is -0.563. The van der Waals surface area contributed by atoms with Crippen molar-refractivity contribution in [1.82, 2.24) is 0 Å². The first-order valence-corrected chi connectivity index (χ1v) is 7.91. The van der Waals surface area contributed by atoms with E-state index in [0.717, 1.165) is 0 Å². The summed E-state index contributed by atoms with van der Waals surface area (Å²) >= 11 is 0. The van der Waals surface area contributed by atoms with E-state index in [4.69, 9.17) is 0 Å². The lowest BCUT2D eigenvalue weighted by Crippen LogP contribution is -2.39. The van der Waals surface area contributed by atoms with Crippen LogP contribution in [0.25, 0.3) is 0 Å². The molecule has 0 saturated carbocycles. The van der Waals surface area contributed by atoms with Gasteiger partial charge in [0.2, 0.25) is 0 Å². The number of aryl methyl sites for hydroxylation is 2. The predicted molar refractivity (Wildman–Crippen MR) is 57.7 cm³/mol. The van der Waals surface area contributed by atoms with Gasteiger partial charge in [0.25, 0.3) is 0 Å². The molecular formula is C11H17Si. The van der Waals surface area contributed by atoms with Crippen LogP contribution in [0, 0.1) is 19.9 Å². The van der Waals surface area contributed by atoms with Crippen molar-refractivity contribution in [2.75, 3.05) is 0 Å². The minimum atomic E-state index is -1.16. The smallest absolute Gasteiger partial charge is 0.0656 e. The molecule has 12 heavy (non-hydrogen) atoms. The van der Waals surface area contributed by atoms with E-state index in [-0.39, 0.29) is 0 Å². The van der Waals surface area contributed by atoms with Gasteiger partial charge in [0.05, 0.1) is 8.07 Å². The lowest BCUT2D eigenvalue weighted by Gasteiger charge is -2.19. The van der Waals surface area contributed by atoms with Gasteiger partial charge in [-0.05, 0) is 30.7 Å². The molecule has 0 aliphatic rings. The second-order valence-electron chi connectivity index (χ2n) is 4.45. The normalized spacial score (nSPS) is 11.8. The van der Waals surface area contributed by atoms with Gasteiger partial charge in [-0.3, -0.25) is 0 Å². The summed E-state index contributed by atoms with van der Waals surface area (Å²) < 4.78 is 0. The third-order valence-electron chi connectivity index (χ3n) is 2.05. The van der Waals surface area contributed by atoms with Crippen molar-refractivity contribution >= 4 is 13.3 Å². The molecule has 1 radical (unpaired) electrons. The quantitative estimate of drug-likeness (QED) is 0.579. The van der Waals surface area contributed by atoms with Gasteiger partial charge in [-0.25, -0.2) is 0 Å². The Kier molecular flexibility index (Phi) is 2.43. The summed E-state index contributed by atoms with van der Waals surface area (Å²) in [6.45, 7) is 11.4. The van der Waals surface area contributed by atoms with Crippen molar-refractivity contribution < 1.29 is 0 Å². The van der Waals surface area contributed by atoms with E-state index in [1.54, 1.807) is 0 Å². The molecule has 1 aromatic rings. The van der Waals surface area contributed by atoms with Crippen LogP contribution >= 0.6 is 0 Å². The second kappa shape index (κ2) is 3.06. The predicted octanol–water partition coefficient (Wildman–Crippen LogP) is 2.65. The van der Waals surface area contributed by atoms with Gasteiger partial charge in [0.15, 0.2) is 0 Å². The zero-order valence-corrected chi connectivity index (χ0v) is 9.65. The molecule has 0 heterocycles. The molecule has 1 heteroatoms. The first kappa shape index (κ1) is 9.52. The van der Waals surface area contributed by atoms with E-state index in [9.17, 15) is 0 Å². The molecule has 0 unspecified atom stereocenters. The highest BCUT2D eigenvalue weighted by Gasteiger charge is 2.18. The summed E-state index contributed by atoms with van der Waals surface area (Å²) in [5, 5.41) is 1.47. The molecule has 0 saturated heterocycles. The highest BCUT2D eigenvalue weighted by atomic mass is 28.3. The minimum absolute atomic E-state index is 1.16. The van der Waals surface area contributed by atoms with Crippen molar-refractivity contribution in [3.63, 3.8) is 0 Å². The van der Waals surface area contributed by atoms with E-state index < -0.39 is 8.07 Å². The van der Waals surface area contributed by atoms with Crippen LogP contribution in [0.1, 0.15) is 11.1 Å². The molecular weight excluding hydrogens is 160 g/mol. The van der Waals surface area contributed by atoms with Gasteiger partial charge in [0.1, 0.15) is 0 Å². The molecule has 0 aliphatic carbocycles. The topological polar surface area (TPSA) is 0 Å². The van der Waals surface area contributed by atoms with Crippen LogP contribution in [0.2, 0.25) is 19.6 Å². The van der Waals surface area contributed by atoms with E-state index in [1.807, 2.05) is 0 Å². The Morgan fingerprint density at radius 1 is 1.08 bits per heavy atom. The Morgan fingerprint density at radius 3 is 2.08 bits per heavy atom. The Morgan fingerprint density at radius 2 is 1.67 bits per heavy atom. The molecule has 0 bridgehead atoms. The van der Waals surface area contributed by atoms with Gasteiger partial charge in [-0.15, -0.1) is 0 Å². The average molecular weight is 177 g/mol. The molecule has 0 aliphatic heterocycles. The maximum absolute atomic E-state index is 3.48. The maximum Gasteiger partial charge on any atom is 0.0787 e. The van der Waals surface area contributed by atoms with Crippen molar-refractivity contribution in [1.29, 1.82) is 0 Å². The van der Waals surface area contributed by atoms with Crippen LogP contribution in [0.15, 0.2) is 12.1 Å².